The first-order valence-corrected chi connectivity index (χ1v) is 9.95. The van der Waals surface area contributed by atoms with E-state index in [1.54, 1.807) is 6.07 Å². The van der Waals surface area contributed by atoms with Crippen molar-refractivity contribution in [2.24, 2.45) is 5.92 Å². The number of hydrogen-bond donors (Lipinski definition) is 2. The van der Waals surface area contributed by atoms with Gasteiger partial charge in [-0.25, -0.2) is 17.6 Å². The van der Waals surface area contributed by atoms with Crippen LogP contribution >= 0.6 is 0 Å². The molecule has 24 heavy (non-hydrogen) atoms. The Labute approximate surface area is 140 Å². The highest BCUT2D eigenvalue weighted by Crippen LogP contribution is 2.28. The van der Waals surface area contributed by atoms with Crippen LogP contribution in [0.1, 0.15) is 25.7 Å². The highest BCUT2D eigenvalue weighted by molar-refractivity contribution is 7.91. The Morgan fingerprint density at radius 1 is 1.29 bits per heavy atom. The van der Waals surface area contributed by atoms with Crippen molar-refractivity contribution in [1.82, 2.24) is 5.32 Å². The number of benzene rings is 1. The van der Waals surface area contributed by atoms with Gasteiger partial charge in [-0.1, -0.05) is 0 Å². The van der Waals surface area contributed by atoms with E-state index in [1.165, 1.54) is 12.1 Å². The van der Waals surface area contributed by atoms with Gasteiger partial charge in [0.05, 0.1) is 17.6 Å². The minimum Gasteiger partial charge on any atom is -0.487 e. The molecular formula is C16H21FN2O4S. The van der Waals surface area contributed by atoms with E-state index in [9.17, 15) is 17.6 Å². The van der Waals surface area contributed by atoms with Gasteiger partial charge in [0.2, 0.25) is 0 Å². The van der Waals surface area contributed by atoms with Crippen LogP contribution in [0.4, 0.5) is 14.9 Å². The average molecular weight is 356 g/mol. The van der Waals surface area contributed by atoms with Crippen molar-refractivity contribution >= 4 is 21.6 Å². The second-order valence-electron chi connectivity index (χ2n) is 6.42. The molecular weight excluding hydrogens is 335 g/mol. The Bertz CT molecular complexity index is 719. The average Bonchev–Trinajstić information content (AvgIpc) is 2.82. The molecule has 1 aromatic carbocycles. The second kappa shape index (κ2) is 6.96. The fourth-order valence-corrected chi connectivity index (χ4v) is 4.65. The van der Waals surface area contributed by atoms with E-state index >= 15 is 0 Å². The van der Waals surface area contributed by atoms with Gasteiger partial charge < -0.3 is 15.4 Å². The maximum Gasteiger partial charge on any atom is 0.319 e. The van der Waals surface area contributed by atoms with E-state index in [1.807, 2.05) is 0 Å². The first kappa shape index (κ1) is 17.0. The molecule has 0 spiro atoms. The number of amides is 2. The minimum atomic E-state index is -2.96. The summed E-state index contributed by atoms with van der Waals surface area (Å²) in [5.41, 5.74) is 0.324. The van der Waals surface area contributed by atoms with Crippen molar-refractivity contribution < 1.29 is 22.3 Å². The van der Waals surface area contributed by atoms with Crippen LogP contribution in [-0.4, -0.2) is 38.6 Å². The number of nitrogens with one attached hydrogen (secondary N) is 2. The molecule has 6 nitrogen and oxygen atoms in total. The van der Waals surface area contributed by atoms with Crippen LogP contribution in [0.2, 0.25) is 0 Å². The molecule has 8 heteroatoms. The number of carbonyl (C=O) groups excluding carboxylic acids is 1. The summed E-state index contributed by atoms with van der Waals surface area (Å²) in [6.45, 7) is 0.288. The van der Waals surface area contributed by atoms with Crippen molar-refractivity contribution in [2.75, 3.05) is 23.4 Å². The molecule has 0 radical (unpaired) electrons. The number of hydrogen-bond acceptors (Lipinski definition) is 4. The van der Waals surface area contributed by atoms with Gasteiger partial charge in [0.25, 0.3) is 0 Å². The molecule has 0 bridgehead atoms. The Morgan fingerprint density at radius 2 is 2.08 bits per heavy atom. The first-order valence-electron chi connectivity index (χ1n) is 8.13. The van der Waals surface area contributed by atoms with Gasteiger partial charge in [-0.2, -0.15) is 0 Å². The van der Waals surface area contributed by atoms with Crippen molar-refractivity contribution in [3.8, 4) is 5.75 Å². The second-order valence-corrected chi connectivity index (χ2v) is 8.65. The maximum absolute atomic E-state index is 14.0. The van der Waals surface area contributed by atoms with E-state index in [-0.39, 0.29) is 35.8 Å². The fourth-order valence-electron chi connectivity index (χ4n) is 2.79. The molecule has 1 saturated heterocycles. The Balaban J connectivity index is 1.48. The molecule has 1 saturated carbocycles. The molecule has 2 N–H and O–H groups in total. The number of rotatable bonds is 5. The summed E-state index contributed by atoms with van der Waals surface area (Å²) >= 11 is 0. The molecule has 2 aliphatic rings. The summed E-state index contributed by atoms with van der Waals surface area (Å²) in [5, 5.41) is 5.17. The zero-order valence-corrected chi connectivity index (χ0v) is 14.1. The van der Waals surface area contributed by atoms with Gasteiger partial charge >= 0.3 is 6.03 Å². The molecule has 1 aliphatic heterocycles. The number of carbonyl (C=O) groups is 1. The third-order valence-corrected chi connectivity index (χ3v) is 6.25. The minimum absolute atomic E-state index is 0.0595. The van der Waals surface area contributed by atoms with Crippen LogP contribution in [0, 0.1) is 11.7 Å². The Kier molecular flexibility index (Phi) is 4.93. The Morgan fingerprint density at radius 3 is 2.67 bits per heavy atom. The van der Waals surface area contributed by atoms with E-state index in [0.29, 0.717) is 12.1 Å². The molecule has 1 aliphatic carbocycles. The van der Waals surface area contributed by atoms with Crippen LogP contribution in [-0.2, 0) is 9.84 Å². The van der Waals surface area contributed by atoms with Crippen LogP contribution in [0.5, 0.6) is 5.75 Å². The van der Waals surface area contributed by atoms with Gasteiger partial charge in [-0.05, 0) is 43.7 Å². The molecule has 132 valence electrons. The van der Waals surface area contributed by atoms with Gasteiger partial charge in [-0.3, -0.25) is 0 Å². The lowest BCUT2D eigenvalue weighted by Gasteiger charge is -2.26. The highest BCUT2D eigenvalue weighted by Gasteiger charge is 2.28. The predicted molar refractivity (Wildman–Crippen MR) is 88.4 cm³/mol. The third-order valence-electron chi connectivity index (χ3n) is 4.41. The molecule has 1 heterocycles. The fraction of sp³-hybridized carbons (Fsp3) is 0.562. The molecule has 1 atom stereocenters. The monoisotopic (exact) mass is 356 g/mol. The third kappa shape index (κ3) is 4.37. The van der Waals surface area contributed by atoms with Crippen LogP contribution in [0.25, 0.3) is 0 Å². The first-order chi connectivity index (χ1) is 11.4. The van der Waals surface area contributed by atoms with Gasteiger partial charge in [0, 0.05) is 18.3 Å². The smallest absolute Gasteiger partial charge is 0.319 e. The van der Waals surface area contributed by atoms with E-state index < -0.39 is 21.7 Å². The largest absolute Gasteiger partial charge is 0.487 e. The zero-order chi connectivity index (χ0) is 17.2. The van der Waals surface area contributed by atoms with Crippen molar-refractivity contribution in [2.45, 2.75) is 31.8 Å². The van der Waals surface area contributed by atoms with E-state index in [4.69, 9.17) is 4.74 Å². The number of anilines is 1. The lowest BCUT2D eigenvalue weighted by Crippen LogP contribution is -2.33. The van der Waals surface area contributed by atoms with E-state index in [0.717, 1.165) is 19.3 Å². The molecule has 2 amide bonds. The quantitative estimate of drug-likeness (QED) is 0.848. The summed E-state index contributed by atoms with van der Waals surface area (Å²) in [7, 11) is -2.96. The number of urea groups is 1. The summed E-state index contributed by atoms with van der Waals surface area (Å²) in [5.74, 6) is -0.0943. The molecule has 2 fully saturated rings. The lowest BCUT2D eigenvalue weighted by molar-refractivity contribution is 0.115. The summed E-state index contributed by atoms with van der Waals surface area (Å²) in [6, 6.07) is 3.82. The zero-order valence-electron chi connectivity index (χ0n) is 13.3. The van der Waals surface area contributed by atoms with Gasteiger partial charge in [0.1, 0.15) is 0 Å². The van der Waals surface area contributed by atoms with Gasteiger partial charge in [-0.15, -0.1) is 0 Å². The standard InChI is InChI=1S/C16H21FN2O4S/c17-14-8-12(4-5-15(14)23-13-2-1-3-13)19-16(20)18-9-11-6-7-24(21,22)10-11/h4-5,8,11,13H,1-3,6-7,9-10H2,(H2,18,19,20). The summed E-state index contributed by atoms with van der Waals surface area (Å²) < 4.78 is 42.2. The number of halogens is 1. The van der Waals surface area contributed by atoms with Crippen molar-refractivity contribution in [1.29, 1.82) is 0 Å². The van der Waals surface area contributed by atoms with Crippen LogP contribution in [0.15, 0.2) is 18.2 Å². The predicted octanol–water partition coefficient (Wildman–Crippen LogP) is 2.31. The molecule has 1 aromatic rings. The van der Waals surface area contributed by atoms with Crippen LogP contribution < -0.4 is 15.4 Å². The van der Waals surface area contributed by atoms with Crippen molar-refractivity contribution in [3.05, 3.63) is 24.0 Å². The maximum atomic E-state index is 14.0. The molecule has 0 aromatic heterocycles. The van der Waals surface area contributed by atoms with Crippen LogP contribution in [0.3, 0.4) is 0 Å². The highest BCUT2D eigenvalue weighted by atomic mass is 32.2. The molecule has 3 rings (SSSR count). The summed E-state index contributed by atoms with van der Waals surface area (Å²) in [4.78, 5) is 11.8. The number of sulfone groups is 1. The topological polar surface area (TPSA) is 84.5 Å². The SMILES string of the molecule is O=C(NCC1CCS(=O)(=O)C1)Nc1ccc(OC2CCC2)c(F)c1. The number of ether oxygens (including phenoxy) is 1. The molecule has 1 unspecified atom stereocenters. The van der Waals surface area contributed by atoms with Crippen molar-refractivity contribution in [3.63, 3.8) is 0 Å². The van der Waals surface area contributed by atoms with E-state index in [2.05, 4.69) is 10.6 Å². The normalized spacial score (nSPS) is 22.6. The summed E-state index contributed by atoms with van der Waals surface area (Å²) in [6.07, 6.45) is 3.64. The van der Waals surface area contributed by atoms with Gasteiger partial charge in [0.15, 0.2) is 21.4 Å². The lowest BCUT2D eigenvalue weighted by atomic mass is 9.96. The Hall–Kier alpha value is -1.83.